The van der Waals surface area contributed by atoms with Crippen LogP contribution in [0, 0.1) is 0 Å². The highest BCUT2D eigenvalue weighted by atomic mass is 14.8. The number of nitrogen functional groups attached to an aromatic ring is 1. The number of nitrogens with zero attached hydrogens (tertiary/aromatic N) is 2. The van der Waals surface area contributed by atoms with Crippen LogP contribution in [0.5, 0.6) is 0 Å². The molecule has 1 aromatic carbocycles. The normalized spacial score (nSPS) is 10.6. The first-order chi connectivity index (χ1) is 8.34. The van der Waals surface area contributed by atoms with Gasteiger partial charge in [-0.15, -0.1) is 0 Å². The van der Waals surface area contributed by atoms with Crippen molar-refractivity contribution in [2.24, 2.45) is 0 Å². The number of hydrogen-bond acceptors (Lipinski definition) is 3. The van der Waals surface area contributed by atoms with E-state index < -0.39 is 0 Å². The first-order valence-electron chi connectivity index (χ1n) is 5.39. The van der Waals surface area contributed by atoms with E-state index in [9.17, 15) is 0 Å². The zero-order valence-electron chi connectivity index (χ0n) is 9.17. The standard InChI is InChI=1S/C14H11N3/c15-14-5-4-11(9-17-14)12-3-1-2-10-8-16-7-6-13(10)12/h1-9H,(H2,15,17). The van der Waals surface area contributed by atoms with Gasteiger partial charge >= 0.3 is 0 Å². The van der Waals surface area contributed by atoms with Crippen molar-refractivity contribution in [3.8, 4) is 11.1 Å². The van der Waals surface area contributed by atoms with Gasteiger partial charge in [0.2, 0.25) is 0 Å². The molecule has 0 amide bonds. The summed E-state index contributed by atoms with van der Waals surface area (Å²) in [4.78, 5) is 8.25. The maximum absolute atomic E-state index is 5.60. The zero-order valence-corrected chi connectivity index (χ0v) is 9.17. The van der Waals surface area contributed by atoms with E-state index in [0.717, 1.165) is 16.5 Å². The molecular weight excluding hydrogens is 210 g/mol. The smallest absolute Gasteiger partial charge is 0.123 e. The number of nitrogens with two attached hydrogens (primary N) is 1. The fraction of sp³-hybridized carbons (Fsp3) is 0. The summed E-state index contributed by atoms with van der Waals surface area (Å²) in [6.07, 6.45) is 5.46. The van der Waals surface area contributed by atoms with E-state index in [1.54, 1.807) is 12.4 Å². The van der Waals surface area contributed by atoms with Crippen LogP contribution in [0.25, 0.3) is 21.9 Å². The molecule has 0 unspecified atom stereocenters. The molecule has 0 bridgehead atoms. The minimum Gasteiger partial charge on any atom is -0.384 e. The fourth-order valence-electron chi connectivity index (χ4n) is 1.94. The van der Waals surface area contributed by atoms with Gasteiger partial charge in [-0.25, -0.2) is 4.98 Å². The van der Waals surface area contributed by atoms with E-state index in [1.807, 2.05) is 30.5 Å². The van der Waals surface area contributed by atoms with Gasteiger partial charge in [-0.05, 0) is 29.1 Å². The second kappa shape index (κ2) is 3.87. The van der Waals surface area contributed by atoms with Gasteiger partial charge in [0.1, 0.15) is 5.82 Å². The molecule has 0 aliphatic carbocycles. The maximum atomic E-state index is 5.60. The number of pyridine rings is 2. The molecule has 0 spiro atoms. The Kier molecular flexibility index (Phi) is 2.22. The molecule has 2 heterocycles. The topological polar surface area (TPSA) is 51.8 Å². The van der Waals surface area contributed by atoms with Crippen molar-refractivity contribution in [3.05, 3.63) is 55.0 Å². The van der Waals surface area contributed by atoms with Gasteiger partial charge in [0, 0.05) is 29.5 Å². The highest BCUT2D eigenvalue weighted by Crippen LogP contribution is 2.27. The number of hydrogen-bond donors (Lipinski definition) is 1. The highest BCUT2D eigenvalue weighted by molar-refractivity contribution is 5.95. The average molecular weight is 221 g/mol. The zero-order chi connectivity index (χ0) is 11.7. The largest absolute Gasteiger partial charge is 0.384 e. The van der Waals surface area contributed by atoms with Gasteiger partial charge < -0.3 is 5.73 Å². The molecule has 0 fully saturated rings. The molecule has 0 saturated heterocycles. The number of rotatable bonds is 1. The lowest BCUT2D eigenvalue weighted by Crippen LogP contribution is -1.89. The third-order valence-electron chi connectivity index (χ3n) is 2.78. The van der Waals surface area contributed by atoms with Crippen molar-refractivity contribution in [3.63, 3.8) is 0 Å². The molecule has 82 valence electrons. The minimum absolute atomic E-state index is 0.538. The van der Waals surface area contributed by atoms with Crippen LogP contribution in [0.15, 0.2) is 55.0 Å². The minimum atomic E-state index is 0.538. The molecule has 3 aromatic rings. The number of benzene rings is 1. The van der Waals surface area contributed by atoms with Crippen LogP contribution in [0.3, 0.4) is 0 Å². The SMILES string of the molecule is Nc1ccc(-c2cccc3cnccc23)cn1. The van der Waals surface area contributed by atoms with E-state index in [1.165, 1.54) is 5.39 Å². The summed E-state index contributed by atoms with van der Waals surface area (Å²) in [6, 6.07) is 12.0. The molecule has 17 heavy (non-hydrogen) atoms. The van der Waals surface area contributed by atoms with Crippen molar-refractivity contribution >= 4 is 16.6 Å². The summed E-state index contributed by atoms with van der Waals surface area (Å²) >= 11 is 0. The lowest BCUT2D eigenvalue weighted by Gasteiger charge is -2.06. The lowest BCUT2D eigenvalue weighted by molar-refractivity contribution is 1.33. The monoisotopic (exact) mass is 221 g/mol. The molecule has 3 nitrogen and oxygen atoms in total. The Morgan fingerprint density at radius 2 is 1.88 bits per heavy atom. The molecule has 3 rings (SSSR count). The third-order valence-corrected chi connectivity index (χ3v) is 2.78. The Morgan fingerprint density at radius 1 is 0.941 bits per heavy atom. The molecular formula is C14H11N3. The van der Waals surface area contributed by atoms with Crippen molar-refractivity contribution in [2.75, 3.05) is 5.73 Å². The number of anilines is 1. The van der Waals surface area contributed by atoms with Crippen molar-refractivity contribution < 1.29 is 0 Å². The van der Waals surface area contributed by atoms with E-state index in [2.05, 4.69) is 22.1 Å². The molecule has 0 aliphatic rings. The van der Waals surface area contributed by atoms with Gasteiger partial charge in [-0.3, -0.25) is 4.98 Å². The van der Waals surface area contributed by atoms with E-state index >= 15 is 0 Å². The van der Waals surface area contributed by atoms with Gasteiger partial charge in [0.05, 0.1) is 0 Å². The summed E-state index contributed by atoms with van der Waals surface area (Å²) in [5.41, 5.74) is 7.81. The van der Waals surface area contributed by atoms with Gasteiger partial charge in [0.15, 0.2) is 0 Å². The van der Waals surface area contributed by atoms with E-state index in [-0.39, 0.29) is 0 Å². The van der Waals surface area contributed by atoms with Gasteiger partial charge in [-0.1, -0.05) is 18.2 Å². The van der Waals surface area contributed by atoms with E-state index in [0.29, 0.717) is 5.82 Å². The second-order valence-corrected chi connectivity index (χ2v) is 3.87. The maximum Gasteiger partial charge on any atom is 0.123 e. The molecule has 3 heteroatoms. The quantitative estimate of drug-likeness (QED) is 0.687. The highest BCUT2D eigenvalue weighted by Gasteiger charge is 2.03. The molecule has 2 N–H and O–H groups in total. The summed E-state index contributed by atoms with van der Waals surface area (Å²) < 4.78 is 0. The second-order valence-electron chi connectivity index (χ2n) is 3.87. The lowest BCUT2D eigenvalue weighted by atomic mass is 10.0. The van der Waals surface area contributed by atoms with Crippen LogP contribution in [-0.2, 0) is 0 Å². The third kappa shape index (κ3) is 1.72. The van der Waals surface area contributed by atoms with Crippen LogP contribution >= 0.6 is 0 Å². The molecule has 0 atom stereocenters. The van der Waals surface area contributed by atoms with Crippen LogP contribution in [0.4, 0.5) is 5.82 Å². The summed E-state index contributed by atoms with van der Waals surface area (Å²) in [6.45, 7) is 0. The van der Waals surface area contributed by atoms with Crippen LogP contribution in [0.2, 0.25) is 0 Å². The molecule has 0 aliphatic heterocycles. The van der Waals surface area contributed by atoms with Gasteiger partial charge in [-0.2, -0.15) is 0 Å². The Morgan fingerprint density at radius 3 is 2.71 bits per heavy atom. The van der Waals surface area contributed by atoms with Crippen LogP contribution in [0.1, 0.15) is 0 Å². The molecule has 0 saturated carbocycles. The van der Waals surface area contributed by atoms with Crippen molar-refractivity contribution in [1.82, 2.24) is 9.97 Å². The molecule has 2 aromatic heterocycles. The first kappa shape index (κ1) is 9.78. The number of aromatic nitrogens is 2. The predicted molar refractivity (Wildman–Crippen MR) is 69.4 cm³/mol. The van der Waals surface area contributed by atoms with Crippen LogP contribution in [-0.4, -0.2) is 9.97 Å². The van der Waals surface area contributed by atoms with Gasteiger partial charge in [0.25, 0.3) is 0 Å². The summed E-state index contributed by atoms with van der Waals surface area (Å²) in [7, 11) is 0. The van der Waals surface area contributed by atoms with Crippen molar-refractivity contribution in [2.45, 2.75) is 0 Å². The Hall–Kier alpha value is -2.42. The predicted octanol–water partition coefficient (Wildman–Crippen LogP) is 2.88. The van der Waals surface area contributed by atoms with E-state index in [4.69, 9.17) is 5.73 Å². The average Bonchev–Trinajstić information content (AvgIpc) is 2.39. The first-order valence-corrected chi connectivity index (χ1v) is 5.39. The van der Waals surface area contributed by atoms with Crippen molar-refractivity contribution in [1.29, 1.82) is 0 Å². The Balaban J connectivity index is 2.27. The molecule has 0 radical (unpaired) electrons. The Bertz CT molecular complexity index is 654. The summed E-state index contributed by atoms with van der Waals surface area (Å²) in [5, 5.41) is 2.30. The number of fused-ring (bicyclic) bond motifs is 1. The van der Waals surface area contributed by atoms with Crippen LogP contribution < -0.4 is 5.73 Å². The fourth-order valence-corrected chi connectivity index (χ4v) is 1.94. The Labute approximate surface area is 98.9 Å². The summed E-state index contributed by atoms with van der Waals surface area (Å²) in [5.74, 6) is 0.538.